The molecule has 0 saturated carbocycles. The molecular formula is C18H16N4O12S3. The lowest BCUT2D eigenvalue weighted by Crippen LogP contribution is -2.15. The van der Waals surface area contributed by atoms with E-state index in [0.29, 0.717) is 0 Å². The highest BCUT2D eigenvalue weighted by Gasteiger charge is 2.24. The highest BCUT2D eigenvalue weighted by atomic mass is 32.3. The number of benzene rings is 2. The molecule has 16 nitrogen and oxygen atoms in total. The number of nitrogens with zero attached hydrogens (tertiary/aromatic N) is 4. The molecule has 1 aromatic heterocycles. The number of sulfone groups is 1. The minimum absolute atomic E-state index is 0.0291. The van der Waals surface area contributed by atoms with Gasteiger partial charge in [-0.2, -0.15) is 31.7 Å². The molecule has 3 rings (SSSR count). The van der Waals surface area contributed by atoms with Gasteiger partial charge in [-0.1, -0.05) is 0 Å². The minimum atomic E-state index is -4.80. The summed E-state index contributed by atoms with van der Waals surface area (Å²) < 4.78 is 90.2. The van der Waals surface area contributed by atoms with Crippen molar-refractivity contribution < 1.29 is 53.5 Å². The van der Waals surface area contributed by atoms with Crippen LogP contribution >= 0.6 is 0 Å². The first-order valence-corrected chi connectivity index (χ1v) is 14.0. The van der Waals surface area contributed by atoms with Gasteiger partial charge in [-0.15, -0.1) is 5.11 Å². The van der Waals surface area contributed by atoms with Crippen LogP contribution in [0.5, 0.6) is 5.88 Å². The van der Waals surface area contributed by atoms with Gasteiger partial charge in [-0.05, 0) is 48.5 Å². The molecule has 4 N–H and O–H groups in total. The first-order chi connectivity index (χ1) is 17.1. The van der Waals surface area contributed by atoms with Gasteiger partial charge in [-0.25, -0.2) is 17.4 Å². The molecule has 0 bridgehead atoms. The van der Waals surface area contributed by atoms with E-state index in [1.165, 1.54) is 12.1 Å². The van der Waals surface area contributed by atoms with Crippen LogP contribution < -0.4 is 0 Å². The van der Waals surface area contributed by atoms with Crippen LogP contribution in [0.15, 0.2) is 68.6 Å². The number of carboxylic acids is 1. The Morgan fingerprint density at radius 3 is 1.97 bits per heavy atom. The zero-order valence-electron chi connectivity index (χ0n) is 18.1. The predicted octanol–water partition coefficient (Wildman–Crippen LogP) is 1.53. The first kappa shape index (κ1) is 27.8. The Balaban J connectivity index is 1.86. The number of hydrogen-bond donors (Lipinski definition) is 4. The fourth-order valence-corrected chi connectivity index (χ4v) is 4.74. The summed E-state index contributed by atoms with van der Waals surface area (Å²) in [4.78, 5) is 10.9. The standard InChI is InChI=1S/C18H16N4O12S3/c23-17-15(16(18(24)25)21-22(17)12-3-7-14(8-4-12)36(28,29)30)20-19-11-1-5-13(6-2-11)35(26,27)10-9-34-37(31,32)33/h1-8,23H,9-10H2,(H,24,25)(H,28,29,30)(H,31,32,33)/b20-19+. The molecule has 0 aliphatic rings. The van der Waals surface area contributed by atoms with Crippen LogP contribution in [-0.4, -0.2) is 72.7 Å². The van der Waals surface area contributed by atoms with E-state index in [1.54, 1.807) is 0 Å². The molecule has 2 aromatic carbocycles. The summed E-state index contributed by atoms with van der Waals surface area (Å²) in [7, 11) is -13.3. The lowest BCUT2D eigenvalue weighted by atomic mass is 10.3. The Labute approximate surface area is 209 Å². The molecule has 37 heavy (non-hydrogen) atoms. The maximum atomic E-state index is 12.2. The van der Waals surface area contributed by atoms with Gasteiger partial charge in [0.2, 0.25) is 11.6 Å². The lowest BCUT2D eigenvalue weighted by Gasteiger charge is -2.04. The minimum Gasteiger partial charge on any atom is -0.492 e. The number of hydrogen-bond acceptors (Lipinski definition) is 12. The largest absolute Gasteiger partial charge is 0.492 e. The van der Waals surface area contributed by atoms with Gasteiger partial charge in [0.1, 0.15) is 0 Å². The zero-order valence-corrected chi connectivity index (χ0v) is 20.6. The van der Waals surface area contributed by atoms with E-state index in [1.807, 2.05) is 0 Å². The Morgan fingerprint density at radius 1 is 0.892 bits per heavy atom. The molecule has 0 spiro atoms. The number of aromatic hydroxyl groups is 1. The lowest BCUT2D eigenvalue weighted by molar-refractivity contribution is 0.0690. The average molecular weight is 577 g/mol. The maximum absolute atomic E-state index is 12.2. The molecule has 0 aliphatic carbocycles. The highest BCUT2D eigenvalue weighted by molar-refractivity contribution is 7.91. The zero-order chi connectivity index (χ0) is 27.6. The average Bonchev–Trinajstić information content (AvgIpc) is 3.13. The van der Waals surface area contributed by atoms with E-state index < -0.39 is 70.8 Å². The van der Waals surface area contributed by atoms with E-state index in [0.717, 1.165) is 41.1 Å². The van der Waals surface area contributed by atoms with E-state index in [-0.39, 0.29) is 16.3 Å². The summed E-state index contributed by atoms with van der Waals surface area (Å²) in [6, 6.07) is 8.87. The molecule has 0 amide bonds. The summed E-state index contributed by atoms with van der Waals surface area (Å²) in [5.41, 5.74) is -1.21. The second-order valence-corrected chi connectivity index (χ2v) is 11.6. The van der Waals surface area contributed by atoms with Crippen molar-refractivity contribution in [1.29, 1.82) is 0 Å². The number of carboxylic acid groups (broad SMARTS) is 1. The monoisotopic (exact) mass is 576 g/mol. The van der Waals surface area contributed by atoms with Crippen molar-refractivity contribution in [2.24, 2.45) is 10.2 Å². The Hall–Kier alpha value is -3.75. The van der Waals surface area contributed by atoms with Crippen molar-refractivity contribution >= 4 is 47.7 Å². The van der Waals surface area contributed by atoms with Gasteiger partial charge >= 0.3 is 16.4 Å². The van der Waals surface area contributed by atoms with Crippen molar-refractivity contribution in [1.82, 2.24) is 9.78 Å². The first-order valence-electron chi connectivity index (χ1n) is 9.58. The number of carbonyl (C=O) groups is 1. The molecule has 0 fully saturated rings. The van der Waals surface area contributed by atoms with Gasteiger partial charge in [0.25, 0.3) is 10.1 Å². The second kappa shape index (κ2) is 10.3. The molecule has 0 unspecified atom stereocenters. The summed E-state index contributed by atoms with van der Waals surface area (Å²) in [6.07, 6.45) is 0. The summed E-state index contributed by atoms with van der Waals surface area (Å²) >= 11 is 0. The molecule has 0 aliphatic heterocycles. The van der Waals surface area contributed by atoms with Gasteiger partial charge in [0.05, 0.1) is 33.5 Å². The molecule has 198 valence electrons. The van der Waals surface area contributed by atoms with Crippen molar-refractivity contribution in [2.75, 3.05) is 12.4 Å². The summed E-state index contributed by atoms with van der Waals surface area (Å²) in [5.74, 6) is -3.10. The third-order valence-corrected chi connectivity index (χ3v) is 7.49. The Morgan fingerprint density at radius 2 is 1.46 bits per heavy atom. The molecule has 0 radical (unpaired) electrons. The molecular weight excluding hydrogens is 560 g/mol. The van der Waals surface area contributed by atoms with Crippen molar-refractivity contribution in [3.05, 3.63) is 54.2 Å². The van der Waals surface area contributed by atoms with E-state index in [9.17, 15) is 40.3 Å². The highest BCUT2D eigenvalue weighted by Crippen LogP contribution is 2.34. The summed E-state index contributed by atoms with van der Waals surface area (Å²) in [6.45, 7) is -0.817. The Bertz CT molecular complexity index is 1680. The number of aromatic carboxylic acids is 1. The molecule has 0 atom stereocenters. The number of rotatable bonds is 10. The quantitative estimate of drug-likeness (QED) is 0.197. The van der Waals surface area contributed by atoms with Crippen LogP contribution in [0.25, 0.3) is 5.69 Å². The third-order valence-electron chi connectivity index (χ3n) is 4.46. The number of aromatic nitrogens is 2. The van der Waals surface area contributed by atoms with Gasteiger partial charge < -0.3 is 10.2 Å². The van der Waals surface area contributed by atoms with Crippen LogP contribution in [0.1, 0.15) is 10.5 Å². The van der Waals surface area contributed by atoms with E-state index in [4.69, 9.17) is 9.11 Å². The predicted molar refractivity (Wildman–Crippen MR) is 122 cm³/mol. The second-order valence-electron chi connectivity index (χ2n) is 6.97. The Kier molecular flexibility index (Phi) is 7.76. The van der Waals surface area contributed by atoms with Gasteiger partial charge in [0.15, 0.2) is 15.5 Å². The van der Waals surface area contributed by atoms with Crippen LogP contribution in [0.3, 0.4) is 0 Å². The molecule has 19 heteroatoms. The smallest absolute Gasteiger partial charge is 0.397 e. The SMILES string of the molecule is O=C(O)c1nn(-c2ccc(S(=O)(=O)O)cc2)c(O)c1/N=N/c1ccc(S(=O)(=O)CCOS(=O)(=O)O)cc1. The van der Waals surface area contributed by atoms with Crippen molar-refractivity contribution in [3.8, 4) is 11.6 Å². The van der Waals surface area contributed by atoms with Crippen LogP contribution in [0.2, 0.25) is 0 Å². The fraction of sp³-hybridized carbons (Fsp3) is 0.111. The maximum Gasteiger partial charge on any atom is 0.397 e. The summed E-state index contributed by atoms with van der Waals surface area (Å²) in [5, 5.41) is 31.0. The molecule has 0 saturated heterocycles. The van der Waals surface area contributed by atoms with Crippen LogP contribution in [0.4, 0.5) is 11.4 Å². The third kappa shape index (κ3) is 6.93. The van der Waals surface area contributed by atoms with Gasteiger partial charge in [-0.3, -0.25) is 9.11 Å². The van der Waals surface area contributed by atoms with Gasteiger partial charge in [0, 0.05) is 0 Å². The van der Waals surface area contributed by atoms with Crippen LogP contribution in [0, 0.1) is 0 Å². The topological polar surface area (TPSA) is 252 Å². The molecule has 3 aromatic rings. The molecule has 1 heterocycles. The van der Waals surface area contributed by atoms with E-state index >= 15 is 0 Å². The number of azo groups is 1. The van der Waals surface area contributed by atoms with Crippen LogP contribution in [-0.2, 0) is 34.5 Å². The normalized spacial score (nSPS) is 12.7. The van der Waals surface area contributed by atoms with Crippen molar-refractivity contribution in [2.45, 2.75) is 9.79 Å². The van der Waals surface area contributed by atoms with Crippen molar-refractivity contribution in [3.63, 3.8) is 0 Å². The fourth-order valence-electron chi connectivity index (χ4n) is 2.77. The van der Waals surface area contributed by atoms with E-state index in [2.05, 4.69) is 19.5 Å².